The summed E-state index contributed by atoms with van der Waals surface area (Å²) in [4.78, 5) is 12.0. The zero-order chi connectivity index (χ0) is 13.7. The summed E-state index contributed by atoms with van der Waals surface area (Å²) in [5.41, 5.74) is 0.420. The maximum atomic E-state index is 12.0. The Morgan fingerprint density at radius 1 is 1.00 bits per heavy atom. The highest BCUT2D eigenvalue weighted by atomic mass is 16.5. The van der Waals surface area contributed by atoms with Crippen molar-refractivity contribution in [1.29, 1.82) is 0 Å². The molecule has 5 heteroatoms. The molecule has 5 nitrogen and oxygen atoms in total. The highest BCUT2D eigenvalue weighted by molar-refractivity contribution is 5.98. The fourth-order valence-corrected chi connectivity index (χ4v) is 1.55. The zero-order valence-electron chi connectivity index (χ0n) is 11.4. The van der Waals surface area contributed by atoms with Crippen LogP contribution in [0.5, 0.6) is 17.2 Å². The summed E-state index contributed by atoms with van der Waals surface area (Å²) < 4.78 is 15.5. The Hall–Kier alpha value is -1.91. The first-order valence-electron chi connectivity index (χ1n) is 5.64. The lowest BCUT2D eigenvalue weighted by Gasteiger charge is -2.15. The molecule has 0 atom stereocenters. The summed E-state index contributed by atoms with van der Waals surface area (Å²) in [6, 6.07) is 3.29. The van der Waals surface area contributed by atoms with Gasteiger partial charge in [-0.15, -0.1) is 0 Å². The van der Waals surface area contributed by atoms with E-state index < -0.39 is 0 Å². The van der Waals surface area contributed by atoms with E-state index in [1.165, 1.54) is 21.3 Å². The van der Waals surface area contributed by atoms with E-state index in [2.05, 4.69) is 5.32 Å². The number of benzene rings is 1. The summed E-state index contributed by atoms with van der Waals surface area (Å²) in [7, 11) is 4.56. The van der Waals surface area contributed by atoms with Crippen LogP contribution in [0.15, 0.2) is 12.1 Å². The Balaban J connectivity index is 3.20. The van der Waals surface area contributed by atoms with Gasteiger partial charge in [0.2, 0.25) is 0 Å². The molecular formula is C13H19NO4. The summed E-state index contributed by atoms with van der Waals surface area (Å²) in [6.07, 6.45) is 0. The molecule has 0 radical (unpaired) electrons. The summed E-state index contributed by atoms with van der Waals surface area (Å²) in [5, 5.41) is 2.81. The second-order valence-electron chi connectivity index (χ2n) is 4.04. The standard InChI is InChI=1S/C13H19NO4/c1-8(2)14-13(15)9-6-11(17-4)12(18-5)7-10(9)16-3/h6-8H,1-5H3,(H,14,15). The normalized spacial score (nSPS) is 10.1. The van der Waals surface area contributed by atoms with Crippen molar-refractivity contribution < 1.29 is 19.0 Å². The molecule has 0 unspecified atom stereocenters. The molecule has 0 aliphatic heterocycles. The van der Waals surface area contributed by atoms with E-state index in [0.29, 0.717) is 22.8 Å². The molecule has 0 bridgehead atoms. The lowest BCUT2D eigenvalue weighted by molar-refractivity contribution is 0.0939. The van der Waals surface area contributed by atoms with Crippen LogP contribution in [0.1, 0.15) is 24.2 Å². The van der Waals surface area contributed by atoms with Gasteiger partial charge in [0.1, 0.15) is 5.75 Å². The van der Waals surface area contributed by atoms with Gasteiger partial charge >= 0.3 is 0 Å². The highest BCUT2D eigenvalue weighted by Crippen LogP contribution is 2.34. The van der Waals surface area contributed by atoms with Crippen molar-refractivity contribution in [3.05, 3.63) is 17.7 Å². The predicted molar refractivity (Wildman–Crippen MR) is 68.7 cm³/mol. The predicted octanol–water partition coefficient (Wildman–Crippen LogP) is 1.85. The topological polar surface area (TPSA) is 56.8 Å². The molecule has 1 amide bonds. The van der Waals surface area contributed by atoms with Crippen LogP contribution < -0.4 is 19.5 Å². The first kappa shape index (κ1) is 14.2. The van der Waals surface area contributed by atoms with Crippen molar-refractivity contribution in [2.75, 3.05) is 21.3 Å². The third-order valence-electron chi connectivity index (χ3n) is 2.37. The lowest BCUT2D eigenvalue weighted by atomic mass is 10.1. The monoisotopic (exact) mass is 253 g/mol. The van der Waals surface area contributed by atoms with E-state index in [1.54, 1.807) is 12.1 Å². The second-order valence-corrected chi connectivity index (χ2v) is 4.04. The Morgan fingerprint density at radius 3 is 1.94 bits per heavy atom. The molecule has 1 aromatic rings. The van der Waals surface area contributed by atoms with E-state index in [-0.39, 0.29) is 11.9 Å². The first-order chi connectivity index (χ1) is 8.53. The van der Waals surface area contributed by atoms with Gasteiger partial charge in [0, 0.05) is 18.2 Å². The van der Waals surface area contributed by atoms with Crippen LogP contribution in [-0.2, 0) is 0 Å². The molecule has 0 fully saturated rings. The van der Waals surface area contributed by atoms with Crippen molar-refractivity contribution in [3.8, 4) is 17.2 Å². The third kappa shape index (κ3) is 3.06. The molecule has 100 valence electrons. The van der Waals surface area contributed by atoms with Crippen molar-refractivity contribution >= 4 is 5.91 Å². The van der Waals surface area contributed by atoms with Gasteiger partial charge in [-0.1, -0.05) is 0 Å². The number of hydrogen-bond acceptors (Lipinski definition) is 4. The highest BCUT2D eigenvalue weighted by Gasteiger charge is 2.17. The SMILES string of the molecule is COc1cc(OC)c(C(=O)NC(C)C)cc1OC. The third-order valence-corrected chi connectivity index (χ3v) is 2.37. The number of methoxy groups -OCH3 is 3. The maximum absolute atomic E-state index is 12.0. The lowest BCUT2D eigenvalue weighted by Crippen LogP contribution is -2.30. The van der Waals surface area contributed by atoms with Gasteiger partial charge < -0.3 is 19.5 Å². The number of carbonyl (C=O) groups excluding carboxylic acids is 1. The minimum atomic E-state index is -0.206. The van der Waals surface area contributed by atoms with Gasteiger partial charge in [-0.2, -0.15) is 0 Å². The van der Waals surface area contributed by atoms with Crippen LogP contribution in [0.2, 0.25) is 0 Å². The van der Waals surface area contributed by atoms with Crippen LogP contribution in [0, 0.1) is 0 Å². The molecule has 1 rings (SSSR count). The van der Waals surface area contributed by atoms with Crippen LogP contribution in [0.4, 0.5) is 0 Å². The van der Waals surface area contributed by atoms with Gasteiger partial charge in [-0.25, -0.2) is 0 Å². The maximum Gasteiger partial charge on any atom is 0.255 e. The average molecular weight is 253 g/mol. The van der Waals surface area contributed by atoms with E-state index >= 15 is 0 Å². The van der Waals surface area contributed by atoms with Crippen molar-refractivity contribution in [3.63, 3.8) is 0 Å². The van der Waals surface area contributed by atoms with Crippen LogP contribution in [0.25, 0.3) is 0 Å². The Kier molecular flexibility index (Phi) is 4.83. The Morgan fingerprint density at radius 2 is 1.50 bits per heavy atom. The van der Waals surface area contributed by atoms with Gasteiger partial charge in [0.05, 0.1) is 26.9 Å². The van der Waals surface area contributed by atoms with Crippen LogP contribution in [-0.4, -0.2) is 33.3 Å². The number of ether oxygens (including phenoxy) is 3. The molecule has 0 aromatic heterocycles. The number of nitrogens with one attached hydrogen (secondary N) is 1. The smallest absolute Gasteiger partial charge is 0.255 e. The van der Waals surface area contributed by atoms with E-state index in [9.17, 15) is 4.79 Å². The molecule has 1 N–H and O–H groups in total. The van der Waals surface area contributed by atoms with Gasteiger partial charge in [-0.3, -0.25) is 4.79 Å². The minimum Gasteiger partial charge on any atom is -0.496 e. The summed E-state index contributed by atoms with van der Waals surface area (Å²) in [5.74, 6) is 1.26. The molecule has 1 aromatic carbocycles. The molecule has 0 saturated heterocycles. The molecule has 0 aliphatic carbocycles. The summed E-state index contributed by atoms with van der Waals surface area (Å²) in [6.45, 7) is 3.79. The van der Waals surface area contributed by atoms with Crippen LogP contribution in [0.3, 0.4) is 0 Å². The van der Waals surface area contributed by atoms with Crippen LogP contribution >= 0.6 is 0 Å². The fraction of sp³-hybridized carbons (Fsp3) is 0.462. The van der Waals surface area contributed by atoms with Gasteiger partial charge in [0.15, 0.2) is 11.5 Å². The van der Waals surface area contributed by atoms with E-state index in [4.69, 9.17) is 14.2 Å². The number of hydrogen-bond donors (Lipinski definition) is 1. The Labute approximate surface area is 107 Å². The van der Waals surface area contributed by atoms with E-state index in [0.717, 1.165) is 0 Å². The number of carbonyl (C=O) groups is 1. The second kappa shape index (κ2) is 6.14. The van der Waals surface area contributed by atoms with Gasteiger partial charge in [-0.05, 0) is 13.8 Å². The van der Waals surface area contributed by atoms with Crippen molar-refractivity contribution in [1.82, 2.24) is 5.32 Å². The van der Waals surface area contributed by atoms with Gasteiger partial charge in [0.25, 0.3) is 5.91 Å². The fourth-order valence-electron chi connectivity index (χ4n) is 1.55. The molecule has 0 saturated carbocycles. The largest absolute Gasteiger partial charge is 0.496 e. The molecule has 0 heterocycles. The van der Waals surface area contributed by atoms with E-state index in [1.807, 2.05) is 13.8 Å². The number of amides is 1. The molecule has 0 aliphatic rings. The molecular weight excluding hydrogens is 234 g/mol. The quantitative estimate of drug-likeness (QED) is 0.870. The first-order valence-corrected chi connectivity index (χ1v) is 5.64. The Bertz CT molecular complexity index is 429. The minimum absolute atomic E-state index is 0.0512. The van der Waals surface area contributed by atoms with Crippen molar-refractivity contribution in [2.45, 2.75) is 19.9 Å². The molecule has 0 spiro atoms. The number of rotatable bonds is 5. The zero-order valence-corrected chi connectivity index (χ0v) is 11.4. The van der Waals surface area contributed by atoms with Crippen molar-refractivity contribution in [2.24, 2.45) is 0 Å². The average Bonchev–Trinajstić information content (AvgIpc) is 2.36. The molecule has 18 heavy (non-hydrogen) atoms. The summed E-state index contributed by atoms with van der Waals surface area (Å²) >= 11 is 0.